The number of furan rings is 3. The van der Waals surface area contributed by atoms with Gasteiger partial charge in [0.15, 0.2) is 14.1 Å². The Hall–Kier alpha value is -13.7. The van der Waals surface area contributed by atoms with Gasteiger partial charge in [-0.3, -0.25) is 9.59 Å². The molecule has 1 aliphatic carbocycles. The van der Waals surface area contributed by atoms with E-state index in [0.29, 0.717) is 71.9 Å². The molecule has 0 spiro atoms. The van der Waals surface area contributed by atoms with Crippen LogP contribution < -0.4 is 26.6 Å². The highest BCUT2D eigenvalue weighted by molar-refractivity contribution is 7.19. The molecule has 3 aliphatic rings. The molecular weight excluding hydrogens is 1770 g/mol. The molecule has 29 heteroatoms. The van der Waals surface area contributed by atoms with E-state index in [-0.39, 0.29) is 60.3 Å². The molecule has 0 fully saturated rings. The van der Waals surface area contributed by atoms with Crippen molar-refractivity contribution in [2.45, 2.75) is 147 Å². The molecule has 0 radical (unpaired) electrons. The van der Waals surface area contributed by atoms with Gasteiger partial charge in [-0.1, -0.05) is 272 Å². The molecule has 0 saturated heterocycles. The van der Waals surface area contributed by atoms with Crippen LogP contribution in [0.5, 0.6) is 0 Å². The number of carbonyl (C=O) groups is 2. The van der Waals surface area contributed by atoms with Crippen LogP contribution in [0.3, 0.4) is 0 Å². The third-order valence-electron chi connectivity index (χ3n) is 25.0. The van der Waals surface area contributed by atoms with Crippen LogP contribution in [0.15, 0.2) is 289 Å². The van der Waals surface area contributed by atoms with Gasteiger partial charge >= 0.3 is 0 Å². The van der Waals surface area contributed by atoms with Crippen LogP contribution in [-0.4, -0.2) is 123 Å². The maximum Gasteiger partial charge on any atom is 0.246 e. The predicted molar refractivity (Wildman–Crippen MR) is 543 cm³/mol. The largest absolute Gasteiger partial charge is 0.442 e. The first-order valence-electron chi connectivity index (χ1n) is 45.6. The molecule has 25 nitrogen and oxygen atoms in total. The van der Waals surface area contributed by atoms with Gasteiger partial charge in [0.05, 0.1) is 84.7 Å². The third kappa shape index (κ3) is 22.0. The molecule has 17 aromatic rings. The average molecular weight is 1880 g/mol. The van der Waals surface area contributed by atoms with Crippen LogP contribution in [0.1, 0.15) is 151 Å². The molecule has 10 aromatic heterocycles. The number of hydrogen-bond donors (Lipinski definition) is 7. The number of halogens is 1. The van der Waals surface area contributed by atoms with Crippen molar-refractivity contribution in [1.82, 2.24) is 59.6 Å². The Kier molecular flexibility index (Phi) is 30.8. The lowest BCUT2D eigenvalue weighted by molar-refractivity contribution is -0.127. The van der Waals surface area contributed by atoms with E-state index < -0.39 is 8.32 Å². The molecule has 20 rings (SSSR count). The van der Waals surface area contributed by atoms with Gasteiger partial charge in [0.25, 0.3) is 0 Å². The molecular formula is C106H110ClN17O8S2Si. The molecule has 2 aliphatic heterocycles. The summed E-state index contributed by atoms with van der Waals surface area (Å²) >= 11 is 9.90. The zero-order valence-electron chi connectivity index (χ0n) is 76.6. The second kappa shape index (κ2) is 44.0. The topological polar surface area (TPSA) is 319 Å². The number of rotatable bonds is 26. The predicted octanol–water partition coefficient (Wildman–Crippen LogP) is 23.7. The molecule has 0 unspecified atom stereocenters. The Morgan fingerprint density at radius 3 is 1.29 bits per heavy atom. The highest BCUT2D eigenvalue weighted by Gasteiger charge is 2.39. The number of aromatic nitrogens is 10. The fourth-order valence-electron chi connectivity index (χ4n) is 16.7. The van der Waals surface area contributed by atoms with E-state index >= 15 is 0 Å². The van der Waals surface area contributed by atoms with Crippen molar-refractivity contribution in [3.05, 3.63) is 340 Å². The number of fused-ring (bicyclic) bond motifs is 11. The highest BCUT2D eigenvalue weighted by atomic mass is 35.5. The van der Waals surface area contributed by atoms with Gasteiger partial charge in [-0.15, -0.1) is 22.7 Å². The first kappa shape index (κ1) is 94.5. The molecule has 0 bridgehead atoms. The molecule has 690 valence electrons. The van der Waals surface area contributed by atoms with Crippen molar-refractivity contribution in [2.24, 2.45) is 0 Å². The minimum Gasteiger partial charge on any atom is -0.442 e. The summed E-state index contributed by atoms with van der Waals surface area (Å²) in [4.78, 5) is 76.0. The average Bonchev–Trinajstić information content (AvgIpc) is 1.63. The standard InChI is InChI=1S/C26H34N4O2SSi.C21H18ClN3O.C21H19N3O.C20H20N4O2S.C18H19N3O2/c1-7-22(31)30-14-13-19-21(15-30)33-25-23(19)24(27-17-28-25)29-20(18-11-9-8-10-12-18)16-32-34(5,6)26(2,3)4;1-2-16(14-9-5-3-6-10-14)25-20-17-18(22)19(15-11-7-4-8-12-15)26-21(17)24-13-23-20;1-2-18(15-9-5-3-6-10-15)24-20-17-13-19(16-11-7-4-8-12-16)25-21(17)23-14-22-20;1-2-17(26)24-9-8-14-16(10-24)27-20-18(14)19(21-12-22-20)23-15(11-25)13-6-4-3-5-7-13;22-10-14(12-6-2-1-3-7-12)21-17-16-13-8-4-5-9-15(13)23-18(16)20-11-19-17/h7-12,17,20H,1,13-16H2,2-6H3,(H,27,28,29);3-13,16H,2H2,1H3,(H,23,24,25);3-14,18H,2H2,1H3,(H,22,23,24);2-7,12,15,25H,1,8-11H2,(H,21,22,23);1-3,6-7,11,14,22H,4-5,8-10H2,(H,19,20,21)/t20-;16-;18-;15-;14-/m01101/s1. The fraction of sp³-hybridized carbons (Fsp3) is 0.264. The molecule has 7 aromatic carbocycles. The molecule has 7 N–H and O–H groups in total. The maximum atomic E-state index is 12.1. The number of hydrogen-bond acceptors (Lipinski definition) is 25. The fourth-order valence-corrected chi connectivity index (χ4v) is 20.4. The van der Waals surface area contributed by atoms with Gasteiger partial charge in [0, 0.05) is 46.0 Å². The van der Waals surface area contributed by atoms with Crippen molar-refractivity contribution in [1.29, 1.82) is 0 Å². The van der Waals surface area contributed by atoms with Gasteiger partial charge in [-0.05, 0) is 120 Å². The lowest BCUT2D eigenvalue weighted by Crippen LogP contribution is -2.42. The van der Waals surface area contributed by atoms with E-state index in [2.05, 4.69) is 198 Å². The van der Waals surface area contributed by atoms with Gasteiger partial charge in [-0.2, -0.15) is 0 Å². The van der Waals surface area contributed by atoms with Gasteiger partial charge < -0.3 is 64.3 Å². The zero-order chi connectivity index (χ0) is 94.0. The summed E-state index contributed by atoms with van der Waals surface area (Å²) in [5, 5.41) is 42.4. The van der Waals surface area contributed by atoms with Gasteiger partial charge in [0.1, 0.15) is 92.3 Å². The summed E-state index contributed by atoms with van der Waals surface area (Å²) in [6.07, 6.45) is 18.2. The van der Waals surface area contributed by atoms with Crippen LogP contribution in [0.2, 0.25) is 23.2 Å². The van der Waals surface area contributed by atoms with Crippen LogP contribution in [-0.2, 0) is 52.8 Å². The van der Waals surface area contributed by atoms with Crippen molar-refractivity contribution in [3.63, 3.8) is 0 Å². The summed E-state index contributed by atoms with van der Waals surface area (Å²) in [5.74, 6) is 6.15. The van der Waals surface area contributed by atoms with E-state index in [1.807, 2.05) is 163 Å². The second-order valence-corrected chi connectivity index (χ2v) is 41.9. The Bertz CT molecular complexity index is 6870. The summed E-state index contributed by atoms with van der Waals surface area (Å²) in [6, 6.07) is 72.5. The summed E-state index contributed by atoms with van der Waals surface area (Å²) in [6.45, 7) is 25.9. The number of aliphatic hydroxyl groups excluding tert-OH is 2. The number of carbonyl (C=O) groups excluding carboxylic acids is 2. The minimum atomic E-state index is -1.92. The Morgan fingerprint density at radius 1 is 0.459 bits per heavy atom. The van der Waals surface area contributed by atoms with Crippen LogP contribution in [0, 0.1) is 0 Å². The quantitative estimate of drug-likeness (QED) is 0.0196. The monoisotopic (exact) mass is 1880 g/mol. The van der Waals surface area contributed by atoms with Crippen molar-refractivity contribution in [2.75, 3.05) is 59.5 Å². The Labute approximate surface area is 798 Å². The third-order valence-corrected chi connectivity index (χ3v) is 32.1. The van der Waals surface area contributed by atoms with E-state index in [9.17, 15) is 19.8 Å². The summed E-state index contributed by atoms with van der Waals surface area (Å²) in [7, 11) is -1.92. The Morgan fingerprint density at radius 2 is 0.837 bits per heavy atom. The van der Waals surface area contributed by atoms with E-state index in [0.717, 1.165) is 144 Å². The number of benzene rings is 7. The smallest absolute Gasteiger partial charge is 0.246 e. The first-order valence-corrected chi connectivity index (χ1v) is 50.5. The Balaban J connectivity index is 0.000000123. The van der Waals surface area contributed by atoms with Gasteiger partial charge in [0.2, 0.25) is 29.0 Å². The molecule has 2 amide bonds. The number of aliphatic hydroxyl groups is 2. The van der Waals surface area contributed by atoms with Crippen LogP contribution >= 0.6 is 34.3 Å². The molecule has 0 saturated carbocycles. The van der Waals surface area contributed by atoms with Crippen molar-refractivity contribution in [3.8, 4) is 22.6 Å². The van der Waals surface area contributed by atoms with Gasteiger partial charge in [-0.25, -0.2) is 49.8 Å². The van der Waals surface area contributed by atoms with E-state index in [4.69, 9.17) is 29.3 Å². The number of thiophene rings is 2. The lowest BCUT2D eigenvalue weighted by Gasteiger charge is -2.37. The molecule has 135 heavy (non-hydrogen) atoms. The maximum absolute atomic E-state index is 12.1. The van der Waals surface area contributed by atoms with Crippen LogP contribution in [0.25, 0.3) is 76.4 Å². The zero-order valence-corrected chi connectivity index (χ0v) is 80.0. The van der Waals surface area contributed by atoms with Crippen molar-refractivity contribution < 1.29 is 37.5 Å². The normalized spacial score (nSPS) is 14.0. The molecule has 12 heterocycles. The van der Waals surface area contributed by atoms with Crippen LogP contribution in [0.4, 0.5) is 29.1 Å². The SMILES string of the molecule is C=CC(=O)N1CCc2c(sc3ncnc(N[C@@H](CO)c4ccccc4)c23)C1.C=CC(=O)N1CCc2c(sc3ncnc(N[C@@H](CO[Si](C)(C)C(C)(C)C)c4ccccc4)c23)C1.CC[C@@H](Nc1ncnc2oc(-c3ccccc3)c(Cl)c12)c1ccccc1.CC[C@@H](Nc1ncnc2oc(-c3ccccc3)cc12)c1ccccc1.OC[C@@H](Nc1ncnc2oc3c(c12)CCCC3)c1ccccc1. The van der Waals surface area contributed by atoms with E-state index in [1.54, 1.807) is 46.6 Å². The number of aryl methyl sites for hydroxylation is 2. The lowest BCUT2D eigenvalue weighted by atomic mass is 9.96. The highest BCUT2D eigenvalue weighted by Crippen LogP contribution is 2.45. The number of nitrogens with zero attached hydrogens (tertiary/aromatic N) is 12. The second-order valence-electron chi connectivity index (χ2n) is 34.6. The summed E-state index contributed by atoms with van der Waals surface area (Å²) in [5.41, 5.74) is 12.9. The minimum absolute atomic E-state index is 0.00441. The molecule has 5 atom stereocenters. The van der Waals surface area contributed by atoms with Crippen molar-refractivity contribution >= 4 is 137 Å². The number of nitrogens with one attached hydrogen (secondary N) is 5. The summed E-state index contributed by atoms with van der Waals surface area (Å²) < 4.78 is 24.4. The number of anilines is 5. The van der Waals surface area contributed by atoms with E-state index in [1.165, 1.54) is 63.1 Å². The first-order chi connectivity index (χ1) is 65.8. The number of amides is 2.